The Balaban J connectivity index is 2.16. The van der Waals surface area contributed by atoms with E-state index >= 15 is 0 Å². The average molecular weight is 396 g/mol. The van der Waals surface area contributed by atoms with Gasteiger partial charge in [-0.2, -0.15) is 0 Å². The van der Waals surface area contributed by atoms with Crippen LogP contribution < -0.4 is 10.2 Å². The van der Waals surface area contributed by atoms with Crippen molar-refractivity contribution in [2.24, 2.45) is 0 Å². The van der Waals surface area contributed by atoms with Gasteiger partial charge in [0.15, 0.2) is 0 Å². The van der Waals surface area contributed by atoms with E-state index in [1.54, 1.807) is 12.1 Å². The van der Waals surface area contributed by atoms with Gasteiger partial charge in [0.2, 0.25) is 0 Å². The molecule has 3 aromatic rings. The Morgan fingerprint density at radius 2 is 1.54 bits per heavy atom. The van der Waals surface area contributed by atoms with E-state index in [-0.39, 0.29) is 11.6 Å². The van der Waals surface area contributed by atoms with Gasteiger partial charge in [0.25, 0.3) is 5.69 Å². The minimum absolute atomic E-state index is 0.0288. The number of hydrogen-bond acceptors (Lipinski definition) is 4. The van der Waals surface area contributed by atoms with Crippen LogP contribution in [0.2, 0.25) is 5.02 Å². The third-order valence-electron chi connectivity index (χ3n) is 4.78. The molecule has 0 amide bonds. The third-order valence-corrected chi connectivity index (χ3v) is 5.12. The van der Waals surface area contributed by atoms with Crippen LogP contribution in [-0.2, 0) is 0 Å². The van der Waals surface area contributed by atoms with Crippen LogP contribution in [0.5, 0.6) is 0 Å². The molecule has 0 spiro atoms. The maximum Gasteiger partial charge on any atom is 0.269 e. The first-order chi connectivity index (χ1) is 13.4. The van der Waals surface area contributed by atoms with Crippen molar-refractivity contribution in [3.63, 3.8) is 0 Å². The Morgan fingerprint density at radius 3 is 2.04 bits per heavy atom. The van der Waals surface area contributed by atoms with E-state index in [0.29, 0.717) is 10.6 Å². The maximum atomic E-state index is 11.3. The Labute approximate surface area is 169 Å². The van der Waals surface area contributed by atoms with Gasteiger partial charge in [0.1, 0.15) is 0 Å². The zero-order valence-corrected chi connectivity index (χ0v) is 16.8. The summed E-state index contributed by atoms with van der Waals surface area (Å²) >= 11 is 6.49. The van der Waals surface area contributed by atoms with Crippen molar-refractivity contribution in [3.05, 3.63) is 98.6 Å². The highest BCUT2D eigenvalue weighted by atomic mass is 35.5. The van der Waals surface area contributed by atoms with Gasteiger partial charge in [-0.25, -0.2) is 0 Å². The molecule has 5 nitrogen and oxygen atoms in total. The predicted molar refractivity (Wildman–Crippen MR) is 116 cm³/mol. The average Bonchev–Trinajstić information content (AvgIpc) is 2.70. The van der Waals surface area contributed by atoms with Crippen LogP contribution in [0.25, 0.3) is 0 Å². The molecule has 6 heteroatoms. The van der Waals surface area contributed by atoms with E-state index in [1.807, 2.05) is 74.6 Å². The van der Waals surface area contributed by atoms with Crippen LogP contribution in [0, 0.1) is 10.1 Å². The summed E-state index contributed by atoms with van der Waals surface area (Å²) in [6.07, 6.45) is 0. The van der Waals surface area contributed by atoms with Gasteiger partial charge < -0.3 is 10.2 Å². The summed E-state index contributed by atoms with van der Waals surface area (Å²) in [5.41, 5.74) is 4.85. The number of nitro benzene ring substituents is 1. The highest BCUT2D eigenvalue weighted by Crippen LogP contribution is 2.38. The smallest absolute Gasteiger partial charge is 0.269 e. The summed E-state index contributed by atoms with van der Waals surface area (Å²) < 4.78 is 0. The van der Waals surface area contributed by atoms with Crippen molar-refractivity contribution < 1.29 is 4.92 Å². The Hall–Kier alpha value is -3.05. The largest absolute Gasteiger partial charge is 0.388 e. The molecule has 0 fully saturated rings. The second-order valence-corrected chi connectivity index (χ2v) is 7.16. The molecular formula is C22H22ClN3O2. The van der Waals surface area contributed by atoms with Crippen LogP contribution in [0.4, 0.5) is 17.1 Å². The topological polar surface area (TPSA) is 58.4 Å². The number of nitrogens with one attached hydrogen (secondary N) is 1. The van der Waals surface area contributed by atoms with Gasteiger partial charge in [-0.15, -0.1) is 0 Å². The lowest BCUT2D eigenvalue weighted by Gasteiger charge is -2.21. The molecule has 1 N–H and O–H groups in total. The van der Waals surface area contributed by atoms with E-state index in [0.717, 1.165) is 22.5 Å². The zero-order chi connectivity index (χ0) is 20.3. The third kappa shape index (κ3) is 4.10. The lowest BCUT2D eigenvalue weighted by Crippen LogP contribution is -2.09. The van der Waals surface area contributed by atoms with E-state index in [1.165, 1.54) is 6.07 Å². The second kappa shape index (κ2) is 8.31. The zero-order valence-electron chi connectivity index (χ0n) is 16.0. The number of halogens is 1. The molecule has 1 unspecified atom stereocenters. The Bertz CT molecular complexity index is 970. The molecule has 0 radical (unpaired) electrons. The van der Waals surface area contributed by atoms with E-state index in [4.69, 9.17) is 11.6 Å². The van der Waals surface area contributed by atoms with E-state index in [9.17, 15) is 10.1 Å². The Kier molecular flexibility index (Phi) is 5.85. The molecular weight excluding hydrogens is 374 g/mol. The fourth-order valence-electron chi connectivity index (χ4n) is 3.22. The summed E-state index contributed by atoms with van der Waals surface area (Å²) in [4.78, 5) is 12.9. The standard InChI is InChI=1S/C22H22ClN3O2/c1-24-17-8-4-15(5-9-17)22(16-6-10-18(11-7-16)25(2)3)20-14-19(26(27)28)12-13-21(20)23/h4-14,22,24H,1-3H3. The molecule has 3 aromatic carbocycles. The lowest BCUT2D eigenvalue weighted by atomic mass is 9.84. The summed E-state index contributed by atoms with van der Waals surface area (Å²) in [7, 11) is 5.84. The number of anilines is 2. The molecule has 144 valence electrons. The van der Waals surface area contributed by atoms with Crippen molar-refractivity contribution in [3.8, 4) is 0 Å². The second-order valence-electron chi connectivity index (χ2n) is 6.75. The van der Waals surface area contributed by atoms with Crippen molar-refractivity contribution in [2.75, 3.05) is 31.4 Å². The molecule has 0 heterocycles. The first kappa shape index (κ1) is 19.7. The molecule has 3 rings (SSSR count). The molecule has 0 bridgehead atoms. The van der Waals surface area contributed by atoms with Gasteiger partial charge in [-0.05, 0) is 47.0 Å². The molecule has 0 aromatic heterocycles. The summed E-state index contributed by atoms with van der Waals surface area (Å²) in [5.74, 6) is -0.213. The van der Waals surface area contributed by atoms with Crippen LogP contribution in [0.15, 0.2) is 66.7 Å². The van der Waals surface area contributed by atoms with Crippen molar-refractivity contribution >= 4 is 28.7 Å². The minimum atomic E-state index is -0.393. The van der Waals surface area contributed by atoms with Gasteiger partial charge >= 0.3 is 0 Å². The first-order valence-corrected chi connectivity index (χ1v) is 9.27. The number of nitrogens with zero attached hydrogens (tertiary/aromatic N) is 2. The number of rotatable bonds is 6. The van der Waals surface area contributed by atoms with Gasteiger partial charge in [-0.3, -0.25) is 10.1 Å². The highest BCUT2D eigenvalue weighted by Gasteiger charge is 2.22. The maximum absolute atomic E-state index is 11.3. The summed E-state index contributed by atoms with van der Waals surface area (Å²) in [6.45, 7) is 0. The van der Waals surface area contributed by atoms with Gasteiger partial charge in [-0.1, -0.05) is 35.9 Å². The molecule has 0 aliphatic rings. The lowest BCUT2D eigenvalue weighted by molar-refractivity contribution is -0.384. The number of benzene rings is 3. The van der Waals surface area contributed by atoms with Gasteiger partial charge in [0.05, 0.1) is 4.92 Å². The molecule has 0 aliphatic heterocycles. The van der Waals surface area contributed by atoms with Gasteiger partial charge in [0, 0.05) is 55.6 Å². The molecule has 1 atom stereocenters. The van der Waals surface area contributed by atoms with Crippen LogP contribution in [-0.4, -0.2) is 26.1 Å². The fourth-order valence-corrected chi connectivity index (χ4v) is 3.45. The number of nitro groups is 1. The molecule has 0 aliphatic carbocycles. The van der Waals surface area contributed by atoms with E-state index < -0.39 is 4.92 Å². The summed E-state index contributed by atoms with van der Waals surface area (Å²) in [5, 5.41) is 14.9. The number of hydrogen-bond donors (Lipinski definition) is 1. The monoisotopic (exact) mass is 395 g/mol. The molecule has 28 heavy (non-hydrogen) atoms. The fraction of sp³-hybridized carbons (Fsp3) is 0.182. The minimum Gasteiger partial charge on any atom is -0.388 e. The first-order valence-electron chi connectivity index (χ1n) is 8.89. The predicted octanol–water partition coefficient (Wildman–Crippen LogP) is 5.54. The Morgan fingerprint density at radius 1 is 0.964 bits per heavy atom. The molecule has 0 saturated carbocycles. The van der Waals surface area contributed by atoms with Crippen LogP contribution in [0.3, 0.4) is 0 Å². The SMILES string of the molecule is CNc1ccc(C(c2ccc(N(C)C)cc2)c2cc([N+](=O)[O-])ccc2Cl)cc1. The van der Waals surface area contributed by atoms with Crippen LogP contribution >= 0.6 is 11.6 Å². The van der Waals surface area contributed by atoms with Crippen LogP contribution in [0.1, 0.15) is 22.6 Å². The van der Waals surface area contributed by atoms with Crippen molar-refractivity contribution in [2.45, 2.75) is 5.92 Å². The molecule has 0 saturated heterocycles. The van der Waals surface area contributed by atoms with E-state index in [2.05, 4.69) is 5.32 Å². The van der Waals surface area contributed by atoms with Crippen molar-refractivity contribution in [1.29, 1.82) is 0 Å². The quantitative estimate of drug-likeness (QED) is 0.338. The number of non-ortho nitro benzene ring substituents is 1. The normalized spacial score (nSPS) is 11.7. The highest BCUT2D eigenvalue weighted by molar-refractivity contribution is 6.31. The van der Waals surface area contributed by atoms with Crippen molar-refractivity contribution in [1.82, 2.24) is 0 Å². The summed E-state index contributed by atoms with van der Waals surface area (Å²) in [6, 6.07) is 20.8.